The molecule has 124 valence electrons. The number of halogens is 2. The third-order valence-corrected chi connectivity index (χ3v) is 3.88. The molecule has 0 heterocycles. The van der Waals surface area contributed by atoms with Crippen LogP contribution in [0.25, 0.3) is 0 Å². The number of nitrogens with two attached hydrogens (primary N) is 1. The Morgan fingerprint density at radius 2 is 2.00 bits per heavy atom. The monoisotopic (exact) mass is 489 g/mol. The quantitative estimate of drug-likeness (QED) is 0.367. The van der Waals surface area contributed by atoms with Crippen LogP contribution in [0.4, 0.5) is 5.69 Å². The molecule has 2 aromatic rings. The maximum absolute atomic E-state index is 5.94. The first-order chi connectivity index (χ1) is 10.6. The zero-order chi connectivity index (χ0) is 15.9. The summed E-state index contributed by atoms with van der Waals surface area (Å²) < 4.78 is 6.11. The molecule has 0 atom stereocenters. The van der Waals surface area contributed by atoms with Crippen molar-refractivity contribution in [2.75, 3.05) is 12.4 Å². The maximum Gasteiger partial charge on any atom is 0.193 e. The van der Waals surface area contributed by atoms with Crippen molar-refractivity contribution in [2.45, 2.75) is 19.9 Å². The Hall–Kier alpha value is -1.28. The number of methoxy groups -OCH3 is 1. The first-order valence-corrected chi connectivity index (χ1v) is 7.90. The number of anilines is 1. The zero-order valence-corrected chi connectivity index (χ0v) is 17.1. The van der Waals surface area contributed by atoms with Crippen LogP contribution in [0, 0.1) is 0 Å². The van der Waals surface area contributed by atoms with Crippen LogP contribution < -0.4 is 15.8 Å². The van der Waals surface area contributed by atoms with Gasteiger partial charge in [-0.3, -0.25) is 0 Å². The summed E-state index contributed by atoms with van der Waals surface area (Å²) in [7, 11) is 1.64. The Morgan fingerprint density at radius 1 is 1.22 bits per heavy atom. The highest BCUT2D eigenvalue weighted by Crippen LogP contribution is 2.25. The van der Waals surface area contributed by atoms with E-state index in [-0.39, 0.29) is 24.0 Å². The summed E-state index contributed by atoms with van der Waals surface area (Å²) in [5.41, 5.74) is 9.21. The number of benzene rings is 2. The summed E-state index contributed by atoms with van der Waals surface area (Å²) in [6, 6.07) is 14.0. The molecule has 0 fully saturated rings. The Kier molecular flexibility index (Phi) is 8.40. The summed E-state index contributed by atoms with van der Waals surface area (Å²) in [4.78, 5) is 4.36. The molecule has 0 saturated carbocycles. The number of nitrogens with one attached hydrogen (secondary N) is 1. The Balaban J connectivity index is 0.00000264. The zero-order valence-electron chi connectivity index (χ0n) is 13.2. The predicted molar refractivity (Wildman–Crippen MR) is 111 cm³/mol. The fourth-order valence-electron chi connectivity index (χ4n) is 2.04. The van der Waals surface area contributed by atoms with Crippen LogP contribution in [0.5, 0.6) is 5.75 Å². The Morgan fingerprint density at radius 3 is 2.65 bits per heavy atom. The number of ether oxygens (including phenoxy) is 1. The number of guanidine groups is 1. The van der Waals surface area contributed by atoms with Gasteiger partial charge in [0.2, 0.25) is 0 Å². The lowest BCUT2D eigenvalue weighted by atomic mass is 10.1. The van der Waals surface area contributed by atoms with Crippen molar-refractivity contribution in [3.05, 3.63) is 58.1 Å². The summed E-state index contributed by atoms with van der Waals surface area (Å²) in [6.45, 7) is 2.63. The lowest BCUT2D eigenvalue weighted by Gasteiger charge is -2.08. The fraction of sp³-hybridized carbons (Fsp3) is 0.235. The van der Waals surface area contributed by atoms with Gasteiger partial charge in [0.15, 0.2) is 5.96 Å². The van der Waals surface area contributed by atoms with Gasteiger partial charge < -0.3 is 15.8 Å². The molecular weight excluding hydrogens is 469 g/mol. The molecule has 6 heteroatoms. The summed E-state index contributed by atoms with van der Waals surface area (Å²) >= 11 is 3.46. The summed E-state index contributed by atoms with van der Waals surface area (Å²) in [5, 5.41) is 3.12. The van der Waals surface area contributed by atoms with E-state index in [0.717, 1.165) is 27.9 Å². The second-order valence-electron chi connectivity index (χ2n) is 4.85. The molecule has 0 bridgehead atoms. The van der Waals surface area contributed by atoms with E-state index in [1.54, 1.807) is 7.11 Å². The minimum Gasteiger partial charge on any atom is -0.496 e. The van der Waals surface area contributed by atoms with Crippen molar-refractivity contribution >= 4 is 51.6 Å². The minimum absolute atomic E-state index is 0. The number of rotatable bonds is 5. The van der Waals surface area contributed by atoms with Gasteiger partial charge in [-0.25, -0.2) is 4.99 Å². The van der Waals surface area contributed by atoms with E-state index in [1.807, 2.05) is 30.3 Å². The van der Waals surface area contributed by atoms with E-state index >= 15 is 0 Å². The highest BCUT2D eigenvalue weighted by molar-refractivity contribution is 14.0. The van der Waals surface area contributed by atoms with E-state index in [4.69, 9.17) is 10.5 Å². The van der Waals surface area contributed by atoms with Gasteiger partial charge in [-0.05, 0) is 57.7 Å². The third kappa shape index (κ3) is 6.02. The number of hydrogen-bond donors (Lipinski definition) is 2. The van der Waals surface area contributed by atoms with E-state index < -0.39 is 0 Å². The van der Waals surface area contributed by atoms with Gasteiger partial charge in [0.1, 0.15) is 5.75 Å². The molecule has 0 aliphatic heterocycles. The molecule has 23 heavy (non-hydrogen) atoms. The Labute approximate surface area is 162 Å². The summed E-state index contributed by atoms with van der Waals surface area (Å²) in [6.07, 6.45) is 0.993. The molecular formula is C17H21BrIN3O. The molecule has 0 aliphatic carbocycles. The van der Waals surface area contributed by atoms with Crippen molar-refractivity contribution in [3.8, 4) is 5.75 Å². The van der Waals surface area contributed by atoms with E-state index in [1.165, 1.54) is 5.56 Å². The van der Waals surface area contributed by atoms with Crippen molar-refractivity contribution in [3.63, 3.8) is 0 Å². The van der Waals surface area contributed by atoms with Crippen molar-refractivity contribution in [2.24, 2.45) is 10.7 Å². The van der Waals surface area contributed by atoms with Crippen LogP contribution in [-0.4, -0.2) is 13.1 Å². The van der Waals surface area contributed by atoms with Crippen LogP contribution in [0.3, 0.4) is 0 Å². The Bertz CT molecular complexity index is 677. The number of nitrogens with zero attached hydrogens (tertiary/aromatic N) is 1. The molecule has 0 amide bonds. The van der Waals surface area contributed by atoms with Gasteiger partial charge in [-0.15, -0.1) is 24.0 Å². The molecule has 0 aliphatic rings. The molecule has 0 saturated heterocycles. The van der Waals surface area contributed by atoms with E-state index in [0.29, 0.717) is 12.5 Å². The number of aliphatic imine (C=N–C) groups is 1. The number of aryl methyl sites for hydroxylation is 1. The van der Waals surface area contributed by atoms with Crippen molar-refractivity contribution in [1.82, 2.24) is 0 Å². The molecule has 4 nitrogen and oxygen atoms in total. The standard InChI is InChI=1S/C17H20BrN3O.HI/c1-3-12-5-4-6-14(9-12)21-17(19)20-11-13-7-8-16(22-2)15(18)10-13;/h4-10H,3,11H2,1-2H3,(H3,19,20,21);1H. The SMILES string of the molecule is CCc1cccc(NC(N)=NCc2ccc(OC)c(Br)c2)c1.I. The first-order valence-electron chi connectivity index (χ1n) is 7.10. The van der Waals surface area contributed by atoms with Crippen LogP contribution >= 0.6 is 39.9 Å². The average Bonchev–Trinajstić information content (AvgIpc) is 2.53. The first kappa shape index (κ1) is 19.8. The summed E-state index contributed by atoms with van der Waals surface area (Å²) in [5.74, 6) is 1.20. The minimum atomic E-state index is 0. The van der Waals surface area contributed by atoms with Crippen LogP contribution in [0.1, 0.15) is 18.1 Å². The van der Waals surface area contributed by atoms with Gasteiger partial charge >= 0.3 is 0 Å². The molecule has 0 aromatic heterocycles. The van der Waals surface area contributed by atoms with Crippen LogP contribution in [0.2, 0.25) is 0 Å². The van der Waals surface area contributed by atoms with Gasteiger partial charge in [-0.1, -0.05) is 25.1 Å². The van der Waals surface area contributed by atoms with Gasteiger partial charge in [-0.2, -0.15) is 0 Å². The largest absolute Gasteiger partial charge is 0.496 e. The molecule has 2 rings (SSSR count). The highest BCUT2D eigenvalue weighted by Gasteiger charge is 2.01. The third-order valence-electron chi connectivity index (χ3n) is 3.26. The van der Waals surface area contributed by atoms with E-state index in [9.17, 15) is 0 Å². The fourth-order valence-corrected chi connectivity index (χ4v) is 2.63. The number of hydrogen-bond acceptors (Lipinski definition) is 2. The normalized spacial score (nSPS) is 10.8. The maximum atomic E-state index is 5.94. The molecule has 3 N–H and O–H groups in total. The van der Waals surface area contributed by atoms with Crippen molar-refractivity contribution in [1.29, 1.82) is 0 Å². The second kappa shape index (κ2) is 9.77. The van der Waals surface area contributed by atoms with Crippen LogP contribution in [0.15, 0.2) is 51.9 Å². The van der Waals surface area contributed by atoms with Gasteiger partial charge in [0.05, 0.1) is 18.1 Å². The van der Waals surface area contributed by atoms with Crippen LogP contribution in [-0.2, 0) is 13.0 Å². The highest BCUT2D eigenvalue weighted by atomic mass is 127. The lowest BCUT2D eigenvalue weighted by Crippen LogP contribution is -2.22. The van der Waals surface area contributed by atoms with E-state index in [2.05, 4.69) is 45.3 Å². The molecule has 0 unspecified atom stereocenters. The van der Waals surface area contributed by atoms with Crippen molar-refractivity contribution < 1.29 is 4.74 Å². The van der Waals surface area contributed by atoms with Gasteiger partial charge in [0, 0.05) is 5.69 Å². The molecule has 0 radical (unpaired) electrons. The average molecular weight is 490 g/mol. The topological polar surface area (TPSA) is 59.6 Å². The van der Waals surface area contributed by atoms with Gasteiger partial charge in [0.25, 0.3) is 0 Å². The molecule has 2 aromatic carbocycles. The second-order valence-corrected chi connectivity index (χ2v) is 5.70. The lowest BCUT2D eigenvalue weighted by molar-refractivity contribution is 0.412. The smallest absolute Gasteiger partial charge is 0.193 e. The molecule has 0 spiro atoms. The predicted octanol–water partition coefficient (Wildman–Crippen LogP) is 4.56.